The zero-order chi connectivity index (χ0) is 34.6. The number of carbonyl (C=O) groups is 4. The molecular formula is C35H33F4N5O4. The molecule has 9 nitrogen and oxygen atoms in total. The van der Waals surface area contributed by atoms with E-state index in [1.54, 1.807) is 30.3 Å². The lowest BCUT2D eigenvalue weighted by Gasteiger charge is -2.28. The molecule has 1 unspecified atom stereocenters. The maximum atomic E-state index is 14.3. The highest BCUT2D eigenvalue weighted by atomic mass is 19.4. The molecule has 3 atom stereocenters. The third kappa shape index (κ3) is 5.40. The van der Waals surface area contributed by atoms with Crippen molar-refractivity contribution < 1.29 is 36.7 Å². The summed E-state index contributed by atoms with van der Waals surface area (Å²) in [5.74, 6) is -4.22. The van der Waals surface area contributed by atoms with Crippen LogP contribution in [0.15, 0.2) is 77.8 Å². The van der Waals surface area contributed by atoms with E-state index in [-0.39, 0.29) is 43.5 Å². The first-order chi connectivity index (χ1) is 22.7. The normalized spacial score (nSPS) is 23.9. The van der Waals surface area contributed by atoms with Crippen molar-refractivity contribution in [1.82, 2.24) is 15.1 Å². The molecule has 3 aromatic carbocycles. The molecule has 3 aromatic rings. The lowest BCUT2D eigenvalue weighted by atomic mass is 9.74. The van der Waals surface area contributed by atoms with E-state index >= 15 is 0 Å². The Hall–Kier alpha value is -5.07. The van der Waals surface area contributed by atoms with Gasteiger partial charge < -0.3 is 10.6 Å². The quantitative estimate of drug-likeness (QED) is 0.271. The van der Waals surface area contributed by atoms with E-state index in [9.17, 15) is 36.7 Å². The van der Waals surface area contributed by atoms with Crippen LogP contribution in [0, 0.1) is 17.7 Å². The van der Waals surface area contributed by atoms with E-state index in [4.69, 9.17) is 5.73 Å². The zero-order valence-electron chi connectivity index (χ0n) is 26.2. The summed E-state index contributed by atoms with van der Waals surface area (Å²) < 4.78 is 56.7. The minimum atomic E-state index is -4.91. The number of benzene rings is 3. The van der Waals surface area contributed by atoms with Crippen molar-refractivity contribution in [3.63, 3.8) is 0 Å². The number of guanidine groups is 1. The van der Waals surface area contributed by atoms with Crippen molar-refractivity contribution in [2.45, 2.75) is 50.4 Å². The Morgan fingerprint density at radius 3 is 2.35 bits per heavy atom. The van der Waals surface area contributed by atoms with Gasteiger partial charge in [0.15, 0.2) is 11.5 Å². The SMILES string of the molecule is CC(C)CCC1(c2ccc(F)cc2)N=C(N)N(Cc2ccc(C(F)(F)F)c(C(=O)N3C[C@@H]4C(=O)NC(=O)[C@]4(c4ccccc4)C3)c2)C1=O. The number of nitrogens with one attached hydrogen (secondary N) is 1. The van der Waals surface area contributed by atoms with Gasteiger partial charge in [0.25, 0.3) is 11.8 Å². The molecular weight excluding hydrogens is 630 g/mol. The maximum absolute atomic E-state index is 14.3. The summed E-state index contributed by atoms with van der Waals surface area (Å²) in [6.45, 7) is 3.07. The Bertz CT molecular complexity index is 1830. The summed E-state index contributed by atoms with van der Waals surface area (Å²) in [6.07, 6.45) is -4.08. The Balaban J connectivity index is 1.33. The molecule has 0 aliphatic carbocycles. The largest absolute Gasteiger partial charge is 0.417 e. The van der Waals surface area contributed by atoms with E-state index in [0.717, 1.165) is 28.0 Å². The summed E-state index contributed by atoms with van der Waals surface area (Å²) in [5, 5.41) is 2.31. The second-order valence-electron chi connectivity index (χ2n) is 12.9. The number of nitrogens with two attached hydrogens (primary N) is 1. The molecule has 13 heteroatoms. The first-order valence-corrected chi connectivity index (χ1v) is 15.5. The standard InChI is InChI=1S/C35H33F4N5O4/c1-20(2)14-15-34(23-9-11-24(36)12-10-23)31(48)44(32(40)42-34)17-21-8-13-26(35(37,38)39)25(16-21)29(46)43-18-27-28(45)41-30(47)33(27,19-43)22-6-4-3-5-7-22/h3-13,16,20,27H,14-15,17-19H2,1-2H3,(H2,40,42)(H,41,45,47)/t27-,33+,34?/m1/s1. The average molecular weight is 664 g/mol. The number of hydrogen-bond acceptors (Lipinski definition) is 6. The van der Waals surface area contributed by atoms with Crippen LogP contribution in [0.3, 0.4) is 0 Å². The number of fused-ring (bicyclic) bond motifs is 1. The fraction of sp³-hybridized carbons (Fsp3) is 0.343. The predicted molar refractivity (Wildman–Crippen MR) is 166 cm³/mol. The van der Waals surface area contributed by atoms with Gasteiger partial charge in [0.1, 0.15) is 11.2 Å². The summed E-state index contributed by atoms with van der Waals surface area (Å²) in [6, 6.07) is 16.7. The number of alkyl halides is 3. The zero-order valence-corrected chi connectivity index (χ0v) is 26.2. The first kappa shape index (κ1) is 32.9. The fourth-order valence-electron chi connectivity index (χ4n) is 6.98. The Morgan fingerprint density at radius 2 is 1.71 bits per heavy atom. The number of carbonyl (C=O) groups excluding carboxylic acids is 4. The van der Waals surface area contributed by atoms with Crippen molar-refractivity contribution in [1.29, 1.82) is 0 Å². The molecule has 0 bridgehead atoms. The molecule has 6 rings (SSSR count). The van der Waals surface area contributed by atoms with Crippen LogP contribution in [0.1, 0.15) is 59.3 Å². The number of likely N-dealkylation sites (tertiary alicyclic amines) is 1. The summed E-state index contributed by atoms with van der Waals surface area (Å²) >= 11 is 0. The van der Waals surface area contributed by atoms with Crippen molar-refractivity contribution in [2.24, 2.45) is 22.6 Å². The highest BCUT2D eigenvalue weighted by molar-refractivity contribution is 6.12. The number of nitrogens with zero attached hydrogens (tertiary/aromatic N) is 3. The lowest BCUT2D eigenvalue weighted by Crippen LogP contribution is -2.43. The molecule has 0 radical (unpaired) electrons. The molecule has 0 spiro atoms. The number of rotatable bonds is 8. The van der Waals surface area contributed by atoms with Gasteiger partial charge >= 0.3 is 6.18 Å². The van der Waals surface area contributed by atoms with Gasteiger partial charge in [0.05, 0.1) is 23.6 Å². The topological polar surface area (TPSA) is 125 Å². The van der Waals surface area contributed by atoms with Crippen molar-refractivity contribution in [3.8, 4) is 0 Å². The van der Waals surface area contributed by atoms with Crippen LogP contribution >= 0.6 is 0 Å². The lowest BCUT2D eigenvalue weighted by molar-refractivity contribution is -0.138. The highest BCUT2D eigenvalue weighted by Gasteiger charge is 2.62. The van der Waals surface area contributed by atoms with Crippen molar-refractivity contribution in [3.05, 3.63) is 106 Å². The van der Waals surface area contributed by atoms with E-state index in [1.165, 1.54) is 24.3 Å². The van der Waals surface area contributed by atoms with Crippen LogP contribution in [-0.4, -0.2) is 52.5 Å². The number of halogens is 4. The maximum Gasteiger partial charge on any atom is 0.417 e. The van der Waals surface area contributed by atoms with Gasteiger partial charge in [-0.25, -0.2) is 9.38 Å². The average Bonchev–Trinajstić information content (AvgIpc) is 3.65. The summed E-state index contributed by atoms with van der Waals surface area (Å²) in [7, 11) is 0. The van der Waals surface area contributed by atoms with Crippen molar-refractivity contribution >= 4 is 29.6 Å². The van der Waals surface area contributed by atoms with Gasteiger partial charge in [-0.1, -0.05) is 62.4 Å². The van der Waals surface area contributed by atoms with Gasteiger partial charge in [-0.05, 0) is 59.7 Å². The van der Waals surface area contributed by atoms with Gasteiger partial charge in [0, 0.05) is 13.1 Å². The second kappa shape index (κ2) is 11.9. The molecule has 3 aliphatic heterocycles. The molecule has 3 N–H and O–H groups in total. The third-order valence-corrected chi connectivity index (χ3v) is 9.52. The number of aliphatic imine (C=N–C) groups is 1. The van der Waals surface area contributed by atoms with E-state index < -0.39 is 63.6 Å². The number of amides is 4. The number of imide groups is 1. The molecule has 2 saturated heterocycles. The molecule has 3 aliphatic rings. The van der Waals surface area contributed by atoms with Crippen LogP contribution < -0.4 is 11.1 Å². The Kier molecular flexibility index (Phi) is 8.12. The van der Waals surface area contributed by atoms with Crippen LogP contribution in [-0.2, 0) is 38.1 Å². The highest BCUT2D eigenvalue weighted by Crippen LogP contribution is 2.45. The first-order valence-electron chi connectivity index (χ1n) is 15.5. The van der Waals surface area contributed by atoms with E-state index in [1.807, 2.05) is 13.8 Å². The van der Waals surface area contributed by atoms with Gasteiger partial charge in [-0.15, -0.1) is 0 Å². The summed E-state index contributed by atoms with van der Waals surface area (Å²) in [4.78, 5) is 60.7. The van der Waals surface area contributed by atoms with E-state index in [0.29, 0.717) is 17.5 Å². The monoisotopic (exact) mass is 663 g/mol. The van der Waals surface area contributed by atoms with Crippen LogP contribution in [0.25, 0.3) is 0 Å². The molecule has 2 fully saturated rings. The number of hydrogen-bond donors (Lipinski definition) is 2. The second-order valence-corrected chi connectivity index (χ2v) is 12.9. The molecule has 0 saturated carbocycles. The Morgan fingerprint density at radius 1 is 1.02 bits per heavy atom. The predicted octanol–water partition coefficient (Wildman–Crippen LogP) is 4.50. The molecule has 4 amide bonds. The van der Waals surface area contributed by atoms with Crippen LogP contribution in [0.5, 0.6) is 0 Å². The fourth-order valence-corrected chi connectivity index (χ4v) is 6.98. The van der Waals surface area contributed by atoms with Crippen molar-refractivity contribution in [2.75, 3.05) is 13.1 Å². The third-order valence-electron chi connectivity index (χ3n) is 9.52. The molecule has 48 heavy (non-hydrogen) atoms. The molecule has 250 valence electrons. The van der Waals surface area contributed by atoms with Gasteiger partial charge in [-0.2, -0.15) is 13.2 Å². The molecule has 3 heterocycles. The Labute approximate surface area is 273 Å². The summed E-state index contributed by atoms with van der Waals surface area (Å²) in [5.41, 5.74) is 2.53. The smallest absolute Gasteiger partial charge is 0.369 e. The van der Waals surface area contributed by atoms with Crippen LogP contribution in [0.4, 0.5) is 17.6 Å². The van der Waals surface area contributed by atoms with E-state index in [2.05, 4.69) is 10.3 Å². The molecule has 0 aromatic heterocycles. The minimum Gasteiger partial charge on any atom is -0.369 e. The van der Waals surface area contributed by atoms with Gasteiger partial charge in [0.2, 0.25) is 11.8 Å². The van der Waals surface area contributed by atoms with Gasteiger partial charge in [-0.3, -0.25) is 29.4 Å². The minimum absolute atomic E-state index is 0.164. The van der Waals surface area contributed by atoms with Crippen LogP contribution in [0.2, 0.25) is 0 Å².